The lowest BCUT2D eigenvalue weighted by atomic mass is 9.98. The highest BCUT2D eigenvalue weighted by Crippen LogP contribution is 2.37. The molecule has 1 aliphatic heterocycles. The normalized spacial score (nSPS) is 14.6. The largest absolute Gasteiger partial charge is 0.339 e. The van der Waals surface area contributed by atoms with Crippen molar-refractivity contribution in [3.05, 3.63) is 63.3 Å². The molecule has 0 spiro atoms. The van der Waals surface area contributed by atoms with Crippen molar-refractivity contribution in [1.29, 1.82) is 0 Å². The maximum atomic E-state index is 3.66. The number of anilines is 2. The molecule has 132 valence electrons. The van der Waals surface area contributed by atoms with Crippen molar-refractivity contribution in [2.45, 2.75) is 55.4 Å². The first-order chi connectivity index (χ1) is 11.7. The molecule has 0 amide bonds. The minimum Gasteiger partial charge on any atom is -0.339 e. The average Bonchev–Trinajstić information content (AvgIpc) is 3.01. The van der Waals surface area contributed by atoms with Crippen molar-refractivity contribution < 1.29 is 0 Å². The molecule has 1 saturated heterocycles. The van der Waals surface area contributed by atoms with Crippen molar-refractivity contribution in [2.75, 3.05) is 22.9 Å². The van der Waals surface area contributed by atoms with Crippen molar-refractivity contribution in [3.8, 4) is 0 Å². The van der Waals surface area contributed by atoms with Gasteiger partial charge in [0.2, 0.25) is 6.67 Å². The summed E-state index contributed by atoms with van der Waals surface area (Å²) >= 11 is 0. The zero-order valence-corrected chi connectivity index (χ0v) is 17.0. The lowest BCUT2D eigenvalue weighted by Gasteiger charge is -2.27. The molecule has 2 heteroatoms. The van der Waals surface area contributed by atoms with Gasteiger partial charge >= 0.3 is 0 Å². The minimum absolute atomic E-state index is 0.983. The van der Waals surface area contributed by atoms with Gasteiger partial charge < -0.3 is 9.80 Å². The van der Waals surface area contributed by atoms with E-state index >= 15 is 0 Å². The number of benzene rings is 2. The van der Waals surface area contributed by atoms with Gasteiger partial charge in [-0.25, -0.2) is 0 Å². The third kappa shape index (κ3) is 2.92. The molecule has 2 aromatic rings. The molecule has 0 aromatic heterocycles. The van der Waals surface area contributed by atoms with Crippen LogP contribution in [0, 0.1) is 62.1 Å². The van der Waals surface area contributed by atoms with E-state index in [0.717, 1.165) is 13.1 Å². The lowest BCUT2D eigenvalue weighted by molar-refractivity contribution is 1.00. The summed E-state index contributed by atoms with van der Waals surface area (Å²) in [6.07, 6.45) is 0. The van der Waals surface area contributed by atoms with Gasteiger partial charge in [-0.3, -0.25) is 0 Å². The van der Waals surface area contributed by atoms with Crippen LogP contribution in [-0.2, 0) is 0 Å². The molecule has 2 radical (unpaired) electrons. The van der Waals surface area contributed by atoms with Crippen LogP contribution in [0.3, 0.4) is 0 Å². The van der Waals surface area contributed by atoms with E-state index in [1.807, 2.05) is 0 Å². The third-order valence-electron chi connectivity index (χ3n) is 5.98. The lowest BCUT2D eigenvalue weighted by Crippen LogP contribution is -2.22. The minimum atomic E-state index is 0.983. The van der Waals surface area contributed by atoms with Gasteiger partial charge in [0, 0.05) is 24.5 Å². The fraction of sp³-hybridized carbons (Fsp3) is 0.435. The summed E-state index contributed by atoms with van der Waals surface area (Å²) < 4.78 is 0. The molecule has 1 fully saturated rings. The second-order valence-corrected chi connectivity index (χ2v) is 7.62. The molecular formula is C23H30N2. The van der Waals surface area contributed by atoms with E-state index in [4.69, 9.17) is 0 Å². The zero-order valence-electron chi connectivity index (χ0n) is 17.0. The molecular weight excluding hydrogens is 304 g/mol. The molecule has 1 aliphatic rings. The Morgan fingerprint density at radius 1 is 0.560 bits per heavy atom. The van der Waals surface area contributed by atoms with Gasteiger partial charge in [-0.2, -0.15) is 0 Å². The van der Waals surface area contributed by atoms with Crippen molar-refractivity contribution in [2.24, 2.45) is 0 Å². The fourth-order valence-electron chi connectivity index (χ4n) is 3.97. The first kappa shape index (κ1) is 17.8. The van der Waals surface area contributed by atoms with Crippen molar-refractivity contribution >= 4 is 11.4 Å². The Kier molecular flexibility index (Phi) is 4.57. The Bertz CT molecular complexity index is 711. The van der Waals surface area contributed by atoms with E-state index in [9.17, 15) is 0 Å². The summed E-state index contributed by atoms with van der Waals surface area (Å²) in [5.41, 5.74) is 13.6. The van der Waals surface area contributed by atoms with Crippen LogP contribution in [0.4, 0.5) is 11.4 Å². The first-order valence-corrected chi connectivity index (χ1v) is 9.18. The summed E-state index contributed by atoms with van der Waals surface area (Å²) in [5.74, 6) is 0. The number of aryl methyl sites for hydroxylation is 4. The molecule has 0 unspecified atom stereocenters. The fourth-order valence-corrected chi connectivity index (χ4v) is 3.97. The monoisotopic (exact) mass is 334 g/mol. The molecule has 2 nitrogen and oxygen atoms in total. The predicted octanol–water partition coefficient (Wildman–Crippen LogP) is 5.48. The summed E-state index contributed by atoms with van der Waals surface area (Å²) in [5, 5.41) is 0. The van der Waals surface area contributed by atoms with Crippen LogP contribution in [0.2, 0.25) is 0 Å². The highest BCUT2D eigenvalue weighted by Gasteiger charge is 2.28. The summed E-state index contributed by atoms with van der Waals surface area (Å²) in [6, 6.07) is 4.58. The number of hydrogen-bond acceptors (Lipinski definition) is 2. The summed E-state index contributed by atoms with van der Waals surface area (Å²) in [4.78, 5) is 4.64. The predicted molar refractivity (Wildman–Crippen MR) is 109 cm³/mol. The van der Waals surface area contributed by atoms with Gasteiger partial charge in [0.25, 0.3) is 0 Å². The maximum Gasteiger partial charge on any atom is 0.208 e. The van der Waals surface area contributed by atoms with Crippen LogP contribution in [-0.4, -0.2) is 13.1 Å². The van der Waals surface area contributed by atoms with E-state index in [2.05, 4.69) is 84.0 Å². The Morgan fingerprint density at radius 3 is 1.12 bits per heavy atom. The smallest absolute Gasteiger partial charge is 0.208 e. The van der Waals surface area contributed by atoms with Crippen molar-refractivity contribution in [3.63, 3.8) is 0 Å². The molecule has 3 rings (SSSR count). The molecule has 2 aromatic carbocycles. The van der Waals surface area contributed by atoms with Gasteiger partial charge in [0.1, 0.15) is 0 Å². The summed E-state index contributed by atoms with van der Waals surface area (Å²) in [6.45, 7) is 23.4. The molecule has 25 heavy (non-hydrogen) atoms. The van der Waals surface area contributed by atoms with Crippen LogP contribution in [0.1, 0.15) is 44.5 Å². The van der Waals surface area contributed by atoms with Gasteiger partial charge in [0.15, 0.2) is 0 Å². The van der Waals surface area contributed by atoms with Crippen LogP contribution in [0.15, 0.2) is 12.1 Å². The highest BCUT2D eigenvalue weighted by atomic mass is 15.4. The van der Waals surface area contributed by atoms with E-state index < -0.39 is 0 Å². The van der Waals surface area contributed by atoms with Gasteiger partial charge in [-0.15, -0.1) is 0 Å². The quantitative estimate of drug-likeness (QED) is 0.718. The van der Waals surface area contributed by atoms with Gasteiger partial charge in [-0.05, 0) is 99.9 Å². The van der Waals surface area contributed by atoms with E-state index in [1.54, 1.807) is 0 Å². The van der Waals surface area contributed by atoms with Crippen molar-refractivity contribution in [1.82, 2.24) is 0 Å². The molecule has 1 heterocycles. The van der Waals surface area contributed by atoms with Gasteiger partial charge in [0.05, 0.1) is 0 Å². The highest BCUT2D eigenvalue weighted by molar-refractivity contribution is 5.71. The van der Waals surface area contributed by atoms with Crippen LogP contribution in [0.25, 0.3) is 0 Å². The SMILES string of the molecule is Cc1cc(C)c(C)c(N2[C]N(c3c(C)c(C)cc(C)c3C)CC2)c1C. The Balaban J connectivity index is 2.00. The number of hydrogen-bond donors (Lipinski definition) is 0. The molecule has 0 bridgehead atoms. The third-order valence-corrected chi connectivity index (χ3v) is 5.98. The molecule has 0 atom stereocenters. The summed E-state index contributed by atoms with van der Waals surface area (Å²) in [7, 11) is 0. The first-order valence-electron chi connectivity index (χ1n) is 9.18. The van der Waals surface area contributed by atoms with Crippen LogP contribution in [0.5, 0.6) is 0 Å². The standard InChI is InChI=1S/C23H30N2/c1-14-11-15(2)19(6)22(18(14)5)24-9-10-25(13-24)23-20(7)16(3)12-17(4)21(23)8/h11-12H,9-10H2,1-8H3. The maximum absolute atomic E-state index is 3.66. The molecule has 0 saturated carbocycles. The van der Waals surface area contributed by atoms with Gasteiger partial charge in [-0.1, -0.05) is 12.1 Å². The second-order valence-electron chi connectivity index (χ2n) is 7.62. The van der Waals surface area contributed by atoms with E-state index in [1.165, 1.54) is 55.9 Å². The molecule has 0 N–H and O–H groups in total. The van der Waals surface area contributed by atoms with Crippen LogP contribution >= 0.6 is 0 Å². The average molecular weight is 335 g/mol. The second kappa shape index (κ2) is 6.40. The molecule has 0 aliphatic carbocycles. The topological polar surface area (TPSA) is 6.48 Å². The van der Waals surface area contributed by atoms with E-state index in [0.29, 0.717) is 0 Å². The number of rotatable bonds is 2. The Morgan fingerprint density at radius 2 is 0.840 bits per heavy atom. The Labute approximate surface area is 153 Å². The zero-order chi connectivity index (χ0) is 18.5. The van der Waals surface area contributed by atoms with E-state index in [-0.39, 0.29) is 0 Å². The Hall–Kier alpha value is -1.96. The number of nitrogens with zero attached hydrogens (tertiary/aromatic N) is 2. The van der Waals surface area contributed by atoms with Crippen LogP contribution < -0.4 is 9.80 Å².